The molecule has 1 aromatic rings. The number of sulfonamides is 1. The fraction of sp³-hybridized carbons (Fsp3) is 0.538. The van der Waals surface area contributed by atoms with Crippen molar-refractivity contribution in [1.82, 2.24) is 4.72 Å². The third kappa shape index (κ3) is 3.75. The molecule has 1 heterocycles. The van der Waals surface area contributed by atoms with E-state index in [9.17, 15) is 12.8 Å². The molecule has 1 aliphatic heterocycles. The fourth-order valence-electron chi connectivity index (χ4n) is 2.05. The van der Waals surface area contributed by atoms with Crippen molar-refractivity contribution in [2.75, 3.05) is 19.8 Å². The minimum atomic E-state index is -3.56. The zero-order valence-corrected chi connectivity index (χ0v) is 11.7. The summed E-state index contributed by atoms with van der Waals surface area (Å²) in [5.74, 6) is -0.0894. The van der Waals surface area contributed by atoms with Gasteiger partial charge < -0.3 is 4.74 Å². The van der Waals surface area contributed by atoms with Gasteiger partial charge >= 0.3 is 0 Å². The average molecular weight is 287 g/mol. The molecule has 0 spiro atoms. The van der Waals surface area contributed by atoms with Crippen LogP contribution >= 0.6 is 0 Å². The van der Waals surface area contributed by atoms with Crippen molar-refractivity contribution in [3.63, 3.8) is 0 Å². The van der Waals surface area contributed by atoms with Gasteiger partial charge in [0.15, 0.2) is 0 Å². The van der Waals surface area contributed by atoms with Crippen molar-refractivity contribution in [3.05, 3.63) is 29.6 Å². The number of ether oxygens (including phenoxy) is 1. The molecule has 1 saturated heterocycles. The van der Waals surface area contributed by atoms with Gasteiger partial charge in [0.25, 0.3) is 0 Å². The summed E-state index contributed by atoms with van der Waals surface area (Å²) in [5, 5.41) is 0. The molecular formula is C13H18FNO3S. The Morgan fingerprint density at radius 1 is 1.37 bits per heavy atom. The van der Waals surface area contributed by atoms with E-state index in [1.54, 1.807) is 6.92 Å². The highest BCUT2D eigenvalue weighted by atomic mass is 32.2. The summed E-state index contributed by atoms with van der Waals surface area (Å²) in [4.78, 5) is 0.110. The minimum Gasteiger partial charge on any atom is -0.381 e. The Morgan fingerprint density at radius 3 is 2.68 bits per heavy atom. The quantitative estimate of drug-likeness (QED) is 0.919. The van der Waals surface area contributed by atoms with E-state index in [4.69, 9.17) is 4.74 Å². The molecule has 0 aromatic heterocycles. The van der Waals surface area contributed by atoms with Crippen molar-refractivity contribution in [1.29, 1.82) is 0 Å². The van der Waals surface area contributed by atoms with E-state index in [0.29, 0.717) is 31.2 Å². The molecule has 1 aromatic carbocycles. The summed E-state index contributed by atoms with van der Waals surface area (Å²) in [6.45, 7) is 3.32. The smallest absolute Gasteiger partial charge is 0.240 e. The van der Waals surface area contributed by atoms with Crippen LogP contribution < -0.4 is 4.72 Å². The Balaban J connectivity index is 2.02. The Labute approximate surface area is 113 Å². The minimum absolute atomic E-state index is 0.110. The second-order valence-corrected chi connectivity index (χ2v) is 6.59. The predicted molar refractivity (Wildman–Crippen MR) is 69.9 cm³/mol. The number of hydrogen-bond acceptors (Lipinski definition) is 3. The van der Waals surface area contributed by atoms with Gasteiger partial charge in [-0.25, -0.2) is 17.5 Å². The van der Waals surface area contributed by atoms with Crippen molar-refractivity contribution in [2.45, 2.75) is 24.7 Å². The first-order valence-electron chi connectivity index (χ1n) is 6.32. The van der Waals surface area contributed by atoms with Crippen LogP contribution in [0.25, 0.3) is 0 Å². The summed E-state index contributed by atoms with van der Waals surface area (Å²) >= 11 is 0. The summed E-state index contributed by atoms with van der Waals surface area (Å²) in [7, 11) is -3.56. The van der Waals surface area contributed by atoms with Gasteiger partial charge in [-0.1, -0.05) is 0 Å². The van der Waals surface area contributed by atoms with E-state index in [2.05, 4.69) is 4.72 Å². The molecule has 1 N–H and O–H groups in total. The Kier molecular flexibility index (Phi) is 4.54. The first-order chi connectivity index (χ1) is 8.99. The number of hydrogen-bond donors (Lipinski definition) is 1. The molecule has 1 fully saturated rings. The molecule has 2 rings (SSSR count). The molecule has 1 aliphatic rings. The number of benzene rings is 1. The molecule has 0 saturated carbocycles. The van der Waals surface area contributed by atoms with Crippen molar-refractivity contribution in [3.8, 4) is 0 Å². The van der Waals surface area contributed by atoms with Crippen molar-refractivity contribution in [2.24, 2.45) is 5.92 Å². The summed E-state index contributed by atoms with van der Waals surface area (Å²) in [6.07, 6.45) is 1.73. The van der Waals surface area contributed by atoms with E-state index in [0.717, 1.165) is 12.8 Å². The Morgan fingerprint density at radius 2 is 2.05 bits per heavy atom. The third-order valence-electron chi connectivity index (χ3n) is 3.34. The molecule has 6 heteroatoms. The normalized spacial score (nSPS) is 17.6. The predicted octanol–water partition coefficient (Wildman–Crippen LogP) is 1.84. The van der Waals surface area contributed by atoms with Gasteiger partial charge in [-0.05, 0) is 49.4 Å². The monoisotopic (exact) mass is 287 g/mol. The van der Waals surface area contributed by atoms with Gasteiger partial charge in [0.1, 0.15) is 5.82 Å². The average Bonchev–Trinajstić information content (AvgIpc) is 2.41. The number of nitrogens with one attached hydrogen (secondary N) is 1. The lowest BCUT2D eigenvalue weighted by Crippen LogP contribution is -2.32. The second-order valence-electron chi connectivity index (χ2n) is 4.82. The third-order valence-corrected chi connectivity index (χ3v) is 4.76. The van der Waals surface area contributed by atoms with Gasteiger partial charge in [0, 0.05) is 19.8 Å². The fourth-order valence-corrected chi connectivity index (χ4v) is 3.25. The lowest BCUT2D eigenvalue weighted by Gasteiger charge is -2.22. The van der Waals surface area contributed by atoms with E-state index < -0.39 is 15.8 Å². The zero-order valence-electron chi connectivity index (χ0n) is 10.9. The highest BCUT2D eigenvalue weighted by molar-refractivity contribution is 7.89. The van der Waals surface area contributed by atoms with Gasteiger partial charge in [-0.3, -0.25) is 0 Å². The van der Waals surface area contributed by atoms with Crippen LogP contribution in [0.2, 0.25) is 0 Å². The number of rotatable bonds is 4. The molecule has 19 heavy (non-hydrogen) atoms. The first-order valence-corrected chi connectivity index (χ1v) is 7.81. The SMILES string of the molecule is Cc1cc(S(=O)(=O)NCC2CCOCC2)ccc1F. The highest BCUT2D eigenvalue weighted by Crippen LogP contribution is 2.17. The second kappa shape index (κ2) is 5.98. The van der Waals surface area contributed by atoms with E-state index in [1.165, 1.54) is 18.2 Å². The maximum Gasteiger partial charge on any atom is 0.240 e. The van der Waals surface area contributed by atoms with Gasteiger partial charge in [-0.15, -0.1) is 0 Å². The highest BCUT2D eigenvalue weighted by Gasteiger charge is 2.19. The molecule has 4 nitrogen and oxygen atoms in total. The number of halogens is 1. The lowest BCUT2D eigenvalue weighted by atomic mass is 10.0. The largest absolute Gasteiger partial charge is 0.381 e. The van der Waals surface area contributed by atoms with Crippen LogP contribution in [0.1, 0.15) is 18.4 Å². The maximum absolute atomic E-state index is 13.1. The van der Waals surface area contributed by atoms with Crippen molar-refractivity contribution < 1.29 is 17.5 Å². The molecule has 0 aliphatic carbocycles. The molecule has 0 amide bonds. The Bertz CT molecular complexity index is 539. The molecule has 106 valence electrons. The van der Waals surface area contributed by atoms with Crippen molar-refractivity contribution >= 4 is 10.0 Å². The molecular weight excluding hydrogens is 269 g/mol. The van der Waals surface area contributed by atoms with Crippen LogP contribution in [-0.4, -0.2) is 28.2 Å². The van der Waals surface area contributed by atoms with E-state index in [1.807, 2.05) is 0 Å². The van der Waals surface area contributed by atoms with Crippen LogP contribution in [0, 0.1) is 18.7 Å². The van der Waals surface area contributed by atoms with E-state index >= 15 is 0 Å². The summed E-state index contributed by atoms with van der Waals surface area (Å²) < 4.78 is 45.1. The molecule has 0 bridgehead atoms. The molecule has 0 unspecified atom stereocenters. The Hall–Kier alpha value is -0.980. The number of aryl methyl sites for hydroxylation is 1. The van der Waals surface area contributed by atoms with Gasteiger partial charge in [0.05, 0.1) is 4.90 Å². The molecule has 0 radical (unpaired) electrons. The zero-order chi connectivity index (χ0) is 13.9. The van der Waals surface area contributed by atoms with Crippen LogP contribution in [0.15, 0.2) is 23.1 Å². The van der Waals surface area contributed by atoms with Gasteiger partial charge in [-0.2, -0.15) is 0 Å². The maximum atomic E-state index is 13.1. The van der Waals surface area contributed by atoms with Crippen LogP contribution in [0.4, 0.5) is 4.39 Å². The van der Waals surface area contributed by atoms with Crippen LogP contribution in [-0.2, 0) is 14.8 Å². The van der Waals surface area contributed by atoms with Gasteiger partial charge in [0.2, 0.25) is 10.0 Å². The standard InChI is InChI=1S/C13H18FNO3S/c1-10-8-12(2-3-13(10)14)19(16,17)15-9-11-4-6-18-7-5-11/h2-3,8,11,15H,4-7,9H2,1H3. The summed E-state index contributed by atoms with van der Waals surface area (Å²) in [6, 6.07) is 3.81. The van der Waals surface area contributed by atoms with Crippen LogP contribution in [0.5, 0.6) is 0 Å². The van der Waals surface area contributed by atoms with E-state index in [-0.39, 0.29) is 4.90 Å². The van der Waals surface area contributed by atoms with Crippen LogP contribution in [0.3, 0.4) is 0 Å². The lowest BCUT2D eigenvalue weighted by molar-refractivity contribution is 0.0678. The first kappa shape index (κ1) is 14.4. The summed E-state index contributed by atoms with van der Waals surface area (Å²) in [5.41, 5.74) is 0.328. The molecule has 0 atom stereocenters. The topological polar surface area (TPSA) is 55.4 Å².